The Bertz CT molecular complexity index is 1630. The van der Waals surface area contributed by atoms with Gasteiger partial charge in [0, 0.05) is 29.9 Å². The summed E-state index contributed by atoms with van der Waals surface area (Å²) in [7, 11) is 3.38. The predicted molar refractivity (Wildman–Crippen MR) is 156 cm³/mol. The highest BCUT2D eigenvalue weighted by molar-refractivity contribution is 5.71. The Morgan fingerprint density at radius 1 is 0.590 bits per heavy atom. The summed E-state index contributed by atoms with van der Waals surface area (Å²) in [5.41, 5.74) is 10.7. The van der Waals surface area contributed by atoms with Crippen molar-refractivity contribution in [3.8, 4) is 34.0 Å². The zero-order chi connectivity index (χ0) is 26.9. The number of benzene rings is 2. The molecule has 0 atom stereocenters. The van der Waals surface area contributed by atoms with E-state index in [4.69, 9.17) is 19.4 Å². The molecule has 0 aliphatic carbocycles. The van der Waals surface area contributed by atoms with Gasteiger partial charge in [-0.1, -0.05) is 13.8 Å². The number of methoxy groups -OCH3 is 2. The number of aryl methyl sites for hydroxylation is 2. The fourth-order valence-corrected chi connectivity index (χ4v) is 5.17. The van der Waals surface area contributed by atoms with Crippen molar-refractivity contribution in [2.24, 2.45) is 0 Å². The number of pyridine rings is 2. The molecule has 0 saturated carbocycles. The summed E-state index contributed by atoms with van der Waals surface area (Å²) < 4.78 is 15.3. The first-order valence-electron chi connectivity index (χ1n) is 13.4. The number of rotatable bonds is 8. The number of aromatic nitrogens is 4. The summed E-state index contributed by atoms with van der Waals surface area (Å²) in [6.45, 7) is 4.34. The number of hydrogen-bond donors (Lipinski definition) is 0. The maximum atomic E-state index is 5.41. The van der Waals surface area contributed by atoms with Gasteiger partial charge in [-0.3, -0.25) is 0 Å². The quantitative estimate of drug-likeness (QED) is 0.218. The molecule has 6 heteroatoms. The normalized spacial score (nSPS) is 11.4. The summed E-state index contributed by atoms with van der Waals surface area (Å²) in [4.78, 5) is 10.3. The van der Waals surface area contributed by atoms with Crippen LogP contribution in [0.5, 0.6) is 11.5 Å². The van der Waals surface area contributed by atoms with E-state index in [0.29, 0.717) is 6.42 Å². The van der Waals surface area contributed by atoms with Crippen LogP contribution < -0.4 is 9.47 Å². The minimum Gasteiger partial charge on any atom is -0.497 e. The summed E-state index contributed by atoms with van der Waals surface area (Å²) in [5, 5.41) is 0. The van der Waals surface area contributed by atoms with Gasteiger partial charge in [-0.25, -0.2) is 9.97 Å². The molecule has 0 radical (unpaired) electrons. The van der Waals surface area contributed by atoms with E-state index in [2.05, 4.69) is 83.6 Å². The SMILES string of the molecule is CCc1ccn2c(Cc3c(-c4ccc(OC)cc4)nc4cc(CC)ccn34)c(-c3ccc(OC)cc3)nc2c1. The predicted octanol–water partition coefficient (Wildman–Crippen LogP) is 7.05. The molecule has 196 valence electrons. The average molecular weight is 517 g/mol. The molecule has 6 nitrogen and oxygen atoms in total. The van der Waals surface area contributed by atoms with Gasteiger partial charge in [0.15, 0.2) is 0 Å². The largest absolute Gasteiger partial charge is 0.497 e. The van der Waals surface area contributed by atoms with E-state index in [1.54, 1.807) is 14.2 Å². The summed E-state index contributed by atoms with van der Waals surface area (Å²) in [5.74, 6) is 1.65. The first kappa shape index (κ1) is 24.7. The number of nitrogens with zero attached hydrogens (tertiary/aromatic N) is 4. The molecule has 0 bridgehead atoms. The second-order valence-electron chi connectivity index (χ2n) is 9.68. The molecule has 0 amide bonds. The number of fused-ring (bicyclic) bond motifs is 2. The number of imidazole rings is 2. The lowest BCUT2D eigenvalue weighted by molar-refractivity contribution is 0.415. The molecule has 0 spiro atoms. The summed E-state index contributed by atoms with van der Waals surface area (Å²) >= 11 is 0. The lowest BCUT2D eigenvalue weighted by atomic mass is 10.0. The van der Waals surface area contributed by atoms with Crippen LogP contribution in [0.2, 0.25) is 0 Å². The molecule has 0 N–H and O–H groups in total. The molecule has 0 aliphatic rings. The average Bonchev–Trinajstić information content (AvgIpc) is 3.54. The minimum absolute atomic E-state index is 0.655. The zero-order valence-corrected chi connectivity index (χ0v) is 22.8. The zero-order valence-electron chi connectivity index (χ0n) is 22.8. The van der Waals surface area contributed by atoms with Gasteiger partial charge in [0.2, 0.25) is 0 Å². The Labute approximate surface area is 228 Å². The lowest BCUT2D eigenvalue weighted by Gasteiger charge is -2.10. The molecule has 0 aliphatic heterocycles. The van der Waals surface area contributed by atoms with Crippen LogP contribution in [-0.2, 0) is 19.3 Å². The van der Waals surface area contributed by atoms with E-state index in [1.807, 2.05) is 24.3 Å². The monoisotopic (exact) mass is 516 g/mol. The molecule has 0 saturated heterocycles. The highest BCUT2D eigenvalue weighted by Gasteiger charge is 2.21. The Balaban J connectivity index is 1.56. The van der Waals surface area contributed by atoms with Gasteiger partial charge < -0.3 is 18.3 Å². The van der Waals surface area contributed by atoms with Gasteiger partial charge in [-0.15, -0.1) is 0 Å². The molecule has 0 fully saturated rings. The molecule has 4 aromatic heterocycles. The lowest BCUT2D eigenvalue weighted by Crippen LogP contribution is -2.02. The van der Waals surface area contributed by atoms with E-state index < -0.39 is 0 Å². The van der Waals surface area contributed by atoms with Gasteiger partial charge in [0.25, 0.3) is 0 Å². The Morgan fingerprint density at radius 3 is 1.36 bits per heavy atom. The van der Waals surface area contributed by atoms with E-state index in [9.17, 15) is 0 Å². The van der Waals surface area contributed by atoms with Crippen molar-refractivity contribution >= 4 is 11.3 Å². The van der Waals surface area contributed by atoms with Crippen molar-refractivity contribution in [2.45, 2.75) is 33.1 Å². The minimum atomic E-state index is 0.655. The third-order valence-electron chi connectivity index (χ3n) is 7.46. The maximum absolute atomic E-state index is 5.41. The van der Waals surface area contributed by atoms with Crippen LogP contribution in [0.15, 0.2) is 85.2 Å². The van der Waals surface area contributed by atoms with E-state index in [0.717, 1.165) is 69.5 Å². The molecule has 39 heavy (non-hydrogen) atoms. The van der Waals surface area contributed by atoms with Gasteiger partial charge >= 0.3 is 0 Å². The topological polar surface area (TPSA) is 53.1 Å². The third kappa shape index (κ3) is 4.52. The van der Waals surface area contributed by atoms with Crippen molar-refractivity contribution in [1.29, 1.82) is 0 Å². The molecule has 6 aromatic rings. The van der Waals surface area contributed by atoms with Crippen LogP contribution in [0, 0.1) is 0 Å². The van der Waals surface area contributed by atoms with Crippen LogP contribution >= 0.6 is 0 Å². The molecular formula is C33H32N4O2. The van der Waals surface area contributed by atoms with Crippen molar-refractivity contribution in [2.75, 3.05) is 14.2 Å². The van der Waals surface area contributed by atoms with Crippen molar-refractivity contribution in [3.63, 3.8) is 0 Å². The Morgan fingerprint density at radius 2 is 1.00 bits per heavy atom. The molecule has 2 aromatic carbocycles. The van der Waals surface area contributed by atoms with Crippen LogP contribution in [0.3, 0.4) is 0 Å². The van der Waals surface area contributed by atoms with Gasteiger partial charge in [0.05, 0.1) is 37.0 Å². The van der Waals surface area contributed by atoms with E-state index in [1.165, 1.54) is 11.1 Å². The Kier molecular flexibility index (Phi) is 6.53. The Hall–Kier alpha value is -4.58. The van der Waals surface area contributed by atoms with Crippen LogP contribution in [0.25, 0.3) is 33.8 Å². The van der Waals surface area contributed by atoms with Gasteiger partial charge in [-0.05, 0) is 96.8 Å². The van der Waals surface area contributed by atoms with Crippen molar-refractivity contribution in [1.82, 2.24) is 18.8 Å². The summed E-state index contributed by atoms with van der Waals surface area (Å²) in [6, 6.07) is 25.0. The fourth-order valence-electron chi connectivity index (χ4n) is 5.17. The second-order valence-corrected chi connectivity index (χ2v) is 9.68. The van der Waals surface area contributed by atoms with Crippen molar-refractivity contribution < 1.29 is 9.47 Å². The fraction of sp³-hybridized carbons (Fsp3) is 0.212. The first-order chi connectivity index (χ1) is 19.1. The van der Waals surface area contributed by atoms with Gasteiger partial charge in [-0.2, -0.15) is 0 Å². The summed E-state index contributed by atoms with van der Waals surface area (Å²) in [6.07, 6.45) is 6.88. The third-order valence-corrected chi connectivity index (χ3v) is 7.46. The van der Waals surface area contributed by atoms with Gasteiger partial charge in [0.1, 0.15) is 22.8 Å². The molecule has 4 heterocycles. The standard InChI is InChI=1S/C33H32N4O2/c1-5-22-15-17-36-28(32(34-30(36)19-22)24-7-11-26(38-3)12-8-24)21-29-33(25-9-13-27(39-4)14-10-25)35-31-20-23(6-2)16-18-37(29)31/h7-20H,5-6,21H2,1-4H3. The maximum Gasteiger partial charge on any atom is 0.137 e. The molecule has 6 rings (SSSR count). The molecular weight excluding hydrogens is 484 g/mol. The number of hydrogen-bond acceptors (Lipinski definition) is 4. The number of ether oxygens (including phenoxy) is 2. The van der Waals surface area contributed by atoms with E-state index in [-0.39, 0.29) is 0 Å². The van der Waals surface area contributed by atoms with Crippen molar-refractivity contribution in [3.05, 3.63) is 108 Å². The molecule has 0 unspecified atom stereocenters. The van der Waals surface area contributed by atoms with Crippen LogP contribution in [0.4, 0.5) is 0 Å². The highest BCUT2D eigenvalue weighted by atomic mass is 16.5. The second kappa shape index (κ2) is 10.3. The first-order valence-corrected chi connectivity index (χ1v) is 13.4. The van der Waals surface area contributed by atoms with E-state index >= 15 is 0 Å². The smallest absolute Gasteiger partial charge is 0.137 e. The van der Waals surface area contributed by atoms with Crippen LogP contribution in [0.1, 0.15) is 36.4 Å². The van der Waals surface area contributed by atoms with Crippen LogP contribution in [-0.4, -0.2) is 33.0 Å². The highest BCUT2D eigenvalue weighted by Crippen LogP contribution is 2.33.